The van der Waals surface area contributed by atoms with E-state index in [0.717, 1.165) is 16.7 Å². The van der Waals surface area contributed by atoms with Crippen molar-refractivity contribution in [3.8, 4) is 5.69 Å². The van der Waals surface area contributed by atoms with Gasteiger partial charge in [0, 0.05) is 17.1 Å². The number of benzene rings is 3. The largest absolute Gasteiger partial charge is 0.325 e. The van der Waals surface area contributed by atoms with E-state index in [1.807, 2.05) is 53.1 Å². The fourth-order valence-corrected chi connectivity index (χ4v) is 3.65. The molecular formula is C23H19FN4O2S. The number of fused-ring (bicyclic) bond motifs is 1. The highest BCUT2D eigenvalue weighted by molar-refractivity contribution is 8.00. The van der Waals surface area contributed by atoms with Gasteiger partial charge in [-0.2, -0.15) is 0 Å². The number of aromatic nitrogens is 2. The molecule has 1 heterocycles. The van der Waals surface area contributed by atoms with E-state index in [2.05, 4.69) is 15.6 Å². The molecule has 0 spiro atoms. The Balaban J connectivity index is 1.26. The summed E-state index contributed by atoms with van der Waals surface area (Å²) in [6.45, 7) is 0. The van der Waals surface area contributed by atoms with Gasteiger partial charge in [-0.15, -0.1) is 11.8 Å². The molecular weight excluding hydrogens is 415 g/mol. The fraction of sp³-hybridized carbons (Fsp3) is 0.0870. The van der Waals surface area contributed by atoms with Crippen molar-refractivity contribution in [2.45, 2.75) is 0 Å². The number of hydrogen-bond acceptors (Lipinski definition) is 4. The number of hydrogen-bond donors (Lipinski definition) is 2. The summed E-state index contributed by atoms with van der Waals surface area (Å²) in [6.07, 6.45) is 1.77. The number of halogens is 1. The van der Waals surface area contributed by atoms with Crippen molar-refractivity contribution >= 4 is 46.0 Å². The zero-order valence-corrected chi connectivity index (χ0v) is 17.2. The van der Waals surface area contributed by atoms with Crippen LogP contribution in [0.1, 0.15) is 0 Å². The lowest BCUT2D eigenvalue weighted by atomic mass is 10.2. The number of carbonyl (C=O) groups excluding carboxylic acids is 2. The first-order chi connectivity index (χ1) is 15.1. The van der Waals surface area contributed by atoms with Crippen LogP contribution in [0, 0.1) is 5.82 Å². The minimum absolute atomic E-state index is 0.122. The standard InChI is InChI=1S/C23H19FN4O2S/c24-16-5-7-17(8-6-16)26-22(29)13-31-14-23(30)27-18-9-11-19(12-10-18)28-15-25-20-3-1-2-4-21(20)28/h1-12,15H,13-14H2,(H,26,29)(H,27,30). The quantitative estimate of drug-likeness (QED) is 0.450. The maximum atomic E-state index is 12.9. The summed E-state index contributed by atoms with van der Waals surface area (Å²) in [5.74, 6) is -0.542. The van der Waals surface area contributed by atoms with Gasteiger partial charge in [0.1, 0.15) is 12.1 Å². The summed E-state index contributed by atoms with van der Waals surface area (Å²) in [4.78, 5) is 28.5. The Kier molecular flexibility index (Phi) is 6.28. The maximum absolute atomic E-state index is 12.9. The van der Waals surface area contributed by atoms with Crippen molar-refractivity contribution in [1.82, 2.24) is 9.55 Å². The molecule has 3 aromatic carbocycles. The second-order valence-electron chi connectivity index (χ2n) is 6.75. The molecule has 4 aromatic rings. The van der Waals surface area contributed by atoms with E-state index in [4.69, 9.17) is 0 Å². The van der Waals surface area contributed by atoms with E-state index in [1.54, 1.807) is 6.33 Å². The van der Waals surface area contributed by atoms with Gasteiger partial charge < -0.3 is 10.6 Å². The second-order valence-corrected chi connectivity index (χ2v) is 7.73. The highest BCUT2D eigenvalue weighted by Gasteiger charge is 2.08. The third kappa shape index (κ3) is 5.29. The number of imidazole rings is 1. The van der Waals surface area contributed by atoms with Crippen molar-refractivity contribution in [1.29, 1.82) is 0 Å². The fourth-order valence-electron chi connectivity index (χ4n) is 3.03. The average molecular weight is 434 g/mol. The Morgan fingerprint density at radius 1 is 0.839 bits per heavy atom. The molecule has 4 rings (SSSR count). The first-order valence-electron chi connectivity index (χ1n) is 9.54. The molecule has 6 nitrogen and oxygen atoms in total. The molecule has 0 aliphatic carbocycles. The first-order valence-corrected chi connectivity index (χ1v) is 10.7. The lowest BCUT2D eigenvalue weighted by Gasteiger charge is -2.08. The number of nitrogens with zero attached hydrogens (tertiary/aromatic N) is 2. The number of rotatable bonds is 7. The van der Waals surface area contributed by atoms with Crippen molar-refractivity contribution in [2.75, 3.05) is 22.1 Å². The van der Waals surface area contributed by atoms with E-state index in [1.165, 1.54) is 36.0 Å². The summed E-state index contributed by atoms with van der Waals surface area (Å²) in [6, 6.07) is 20.9. The minimum atomic E-state index is -0.365. The van der Waals surface area contributed by atoms with Gasteiger partial charge in [0.25, 0.3) is 0 Å². The van der Waals surface area contributed by atoms with Gasteiger partial charge in [0.05, 0.1) is 22.5 Å². The van der Waals surface area contributed by atoms with Crippen LogP contribution in [0.5, 0.6) is 0 Å². The normalized spacial score (nSPS) is 10.7. The van der Waals surface area contributed by atoms with Crippen LogP contribution in [-0.2, 0) is 9.59 Å². The van der Waals surface area contributed by atoms with Crippen molar-refractivity contribution < 1.29 is 14.0 Å². The first kappa shape index (κ1) is 20.6. The molecule has 2 N–H and O–H groups in total. The number of nitrogens with one attached hydrogen (secondary N) is 2. The van der Waals surface area contributed by atoms with Crippen molar-refractivity contribution in [2.24, 2.45) is 0 Å². The summed E-state index contributed by atoms with van der Waals surface area (Å²) in [5.41, 5.74) is 4.06. The van der Waals surface area contributed by atoms with Gasteiger partial charge in [-0.3, -0.25) is 14.2 Å². The molecule has 1 aromatic heterocycles. The van der Waals surface area contributed by atoms with Gasteiger partial charge in [-0.25, -0.2) is 9.37 Å². The molecule has 0 radical (unpaired) electrons. The number of thioether (sulfide) groups is 1. The van der Waals surface area contributed by atoms with Crippen molar-refractivity contribution in [3.05, 3.63) is 84.9 Å². The van der Waals surface area contributed by atoms with Crippen LogP contribution >= 0.6 is 11.8 Å². The molecule has 2 amide bonds. The molecule has 0 unspecified atom stereocenters. The third-order valence-corrected chi connectivity index (χ3v) is 5.41. The van der Waals surface area contributed by atoms with Crippen LogP contribution < -0.4 is 10.6 Å². The summed E-state index contributed by atoms with van der Waals surface area (Å²) < 4.78 is 14.9. The van der Waals surface area contributed by atoms with Crippen LogP contribution in [0.15, 0.2) is 79.1 Å². The Morgan fingerprint density at radius 3 is 2.06 bits per heavy atom. The minimum Gasteiger partial charge on any atom is -0.325 e. The van der Waals surface area contributed by atoms with Crippen molar-refractivity contribution in [3.63, 3.8) is 0 Å². The summed E-state index contributed by atoms with van der Waals surface area (Å²) in [7, 11) is 0. The summed E-state index contributed by atoms with van der Waals surface area (Å²) in [5, 5.41) is 5.48. The molecule has 0 saturated heterocycles. The second kappa shape index (κ2) is 9.44. The van der Waals surface area contributed by atoms with E-state index in [-0.39, 0.29) is 29.1 Å². The SMILES string of the molecule is O=C(CSCC(=O)Nc1ccc(-n2cnc3ccccc32)cc1)Nc1ccc(F)cc1. The van der Waals surface area contributed by atoms with Crippen LogP contribution in [-0.4, -0.2) is 32.9 Å². The molecule has 156 valence electrons. The molecule has 0 atom stereocenters. The van der Waals surface area contributed by atoms with Crippen LogP contribution in [0.3, 0.4) is 0 Å². The molecule has 0 aliphatic heterocycles. The lowest BCUT2D eigenvalue weighted by Crippen LogP contribution is -2.18. The topological polar surface area (TPSA) is 76.0 Å². The van der Waals surface area contributed by atoms with Crippen LogP contribution in [0.2, 0.25) is 0 Å². The lowest BCUT2D eigenvalue weighted by molar-refractivity contribution is -0.114. The monoisotopic (exact) mass is 434 g/mol. The van der Waals surface area contributed by atoms with Gasteiger partial charge in [-0.05, 0) is 60.7 Å². The Labute approximate surface area is 182 Å². The van der Waals surface area contributed by atoms with Gasteiger partial charge >= 0.3 is 0 Å². The smallest absolute Gasteiger partial charge is 0.234 e. The van der Waals surface area contributed by atoms with E-state index in [0.29, 0.717) is 11.4 Å². The van der Waals surface area contributed by atoms with E-state index in [9.17, 15) is 14.0 Å². The molecule has 0 bridgehead atoms. The summed E-state index contributed by atoms with van der Waals surface area (Å²) >= 11 is 1.20. The Morgan fingerprint density at radius 2 is 1.42 bits per heavy atom. The molecule has 0 aliphatic rings. The van der Waals surface area contributed by atoms with Crippen LogP contribution in [0.4, 0.5) is 15.8 Å². The number of carbonyl (C=O) groups is 2. The maximum Gasteiger partial charge on any atom is 0.234 e. The van der Waals surface area contributed by atoms with Gasteiger partial charge in [0.2, 0.25) is 11.8 Å². The van der Waals surface area contributed by atoms with Crippen LogP contribution in [0.25, 0.3) is 16.7 Å². The molecule has 8 heteroatoms. The highest BCUT2D eigenvalue weighted by Crippen LogP contribution is 2.19. The zero-order chi connectivity index (χ0) is 21.6. The zero-order valence-electron chi connectivity index (χ0n) is 16.4. The Bertz CT molecular complexity index is 1210. The van der Waals surface area contributed by atoms with E-state index < -0.39 is 0 Å². The highest BCUT2D eigenvalue weighted by atomic mass is 32.2. The number of para-hydroxylation sites is 2. The van der Waals surface area contributed by atoms with Gasteiger partial charge in [0.15, 0.2) is 0 Å². The average Bonchev–Trinajstić information content (AvgIpc) is 3.20. The number of amides is 2. The Hall–Kier alpha value is -3.65. The van der Waals surface area contributed by atoms with Gasteiger partial charge in [-0.1, -0.05) is 12.1 Å². The van der Waals surface area contributed by atoms with E-state index >= 15 is 0 Å². The third-order valence-electron chi connectivity index (χ3n) is 4.48. The molecule has 31 heavy (non-hydrogen) atoms. The number of anilines is 2. The predicted molar refractivity (Wildman–Crippen MR) is 122 cm³/mol. The molecule has 0 fully saturated rings. The predicted octanol–water partition coefficient (Wildman–Crippen LogP) is 4.48. The molecule has 0 saturated carbocycles.